The maximum atomic E-state index is 14.4. The van der Waals surface area contributed by atoms with Crippen LogP contribution in [0.15, 0.2) is 36.5 Å². The number of hydrogen-bond acceptors (Lipinski definition) is 0. The van der Waals surface area contributed by atoms with Crippen molar-refractivity contribution in [1.82, 2.24) is 0 Å². The molecule has 0 nitrogen and oxygen atoms in total. The summed E-state index contributed by atoms with van der Waals surface area (Å²) in [5.41, 5.74) is -0.629. The minimum Gasteiger partial charge on any atom is -0.203 e. The van der Waals surface area contributed by atoms with E-state index in [9.17, 15) is 17.6 Å². The van der Waals surface area contributed by atoms with E-state index in [4.69, 9.17) is 0 Å². The molecule has 0 radical (unpaired) electrons. The molecular formula is C18H12F4. The predicted molar refractivity (Wildman–Crippen MR) is 73.3 cm³/mol. The van der Waals surface area contributed by atoms with Crippen molar-refractivity contribution in [3.63, 3.8) is 0 Å². The molecule has 0 N–H and O–H groups in total. The SMILES string of the molecule is Fc1c(F)c(F)c2c(c1F)[C@H]1C=C[C@H]2[C@@]23C=C[C@]12CC=CC3. The molecule has 0 heterocycles. The zero-order valence-corrected chi connectivity index (χ0v) is 11.5. The van der Waals surface area contributed by atoms with Crippen LogP contribution in [0.4, 0.5) is 17.6 Å². The van der Waals surface area contributed by atoms with Crippen LogP contribution in [0.5, 0.6) is 0 Å². The Labute approximate surface area is 124 Å². The molecule has 0 aromatic heterocycles. The van der Waals surface area contributed by atoms with Gasteiger partial charge in [0.2, 0.25) is 0 Å². The van der Waals surface area contributed by atoms with Crippen LogP contribution in [0.3, 0.4) is 0 Å². The van der Waals surface area contributed by atoms with Crippen molar-refractivity contribution in [2.75, 3.05) is 0 Å². The maximum absolute atomic E-state index is 14.4. The fourth-order valence-electron chi connectivity index (χ4n) is 5.17. The van der Waals surface area contributed by atoms with Gasteiger partial charge in [0.05, 0.1) is 0 Å². The molecule has 112 valence electrons. The Bertz CT molecular complexity index is 754. The number of hydrogen-bond donors (Lipinski definition) is 0. The van der Waals surface area contributed by atoms with Crippen LogP contribution in [0.1, 0.15) is 35.8 Å². The third-order valence-corrected chi connectivity index (χ3v) is 6.19. The van der Waals surface area contributed by atoms with Gasteiger partial charge in [0, 0.05) is 33.8 Å². The highest BCUT2D eigenvalue weighted by Crippen LogP contribution is 2.75. The Hall–Kier alpha value is -1.84. The summed E-state index contributed by atoms with van der Waals surface area (Å²) >= 11 is 0. The predicted octanol–water partition coefficient (Wildman–Crippen LogP) is 4.89. The molecule has 2 bridgehead atoms. The summed E-state index contributed by atoms with van der Waals surface area (Å²) in [6, 6.07) is 0. The Morgan fingerprint density at radius 2 is 1.09 bits per heavy atom. The fourth-order valence-corrected chi connectivity index (χ4v) is 5.17. The van der Waals surface area contributed by atoms with Gasteiger partial charge in [0.1, 0.15) is 0 Å². The van der Waals surface area contributed by atoms with E-state index >= 15 is 0 Å². The van der Waals surface area contributed by atoms with E-state index in [1.165, 1.54) is 0 Å². The smallest absolute Gasteiger partial charge is 0.197 e. The first kappa shape index (κ1) is 12.7. The molecule has 0 amide bonds. The summed E-state index contributed by atoms with van der Waals surface area (Å²) < 4.78 is 56.2. The lowest BCUT2D eigenvalue weighted by Gasteiger charge is -2.66. The molecule has 1 aromatic carbocycles. The largest absolute Gasteiger partial charge is 0.203 e. The first-order chi connectivity index (χ1) is 10.5. The average molecular weight is 304 g/mol. The molecule has 0 unspecified atom stereocenters. The lowest BCUT2D eigenvalue weighted by atomic mass is 9.36. The van der Waals surface area contributed by atoms with Gasteiger partial charge in [-0.15, -0.1) is 0 Å². The lowest BCUT2D eigenvalue weighted by Crippen LogP contribution is -2.58. The van der Waals surface area contributed by atoms with Crippen LogP contribution in [-0.2, 0) is 0 Å². The molecule has 1 aromatic rings. The highest BCUT2D eigenvalue weighted by Gasteiger charge is 2.67. The van der Waals surface area contributed by atoms with Crippen LogP contribution in [0.2, 0.25) is 0 Å². The fraction of sp³-hybridized carbons (Fsp3) is 0.333. The van der Waals surface area contributed by atoms with E-state index in [2.05, 4.69) is 0 Å². The van der Waals surface area contributed by atoms with Crippen molar-refractivity contribution in [3.05, 3.63) is 70.9 Å². The monoisotopic (exact) mass is 304 g/mol. The summed E-state index contributed by atoms with van der Waals surface area (Å²) in [5, 5.41) is 0. The van der Waals surface area contributed by atoms with Crippen LogP contribution < -0.4 is 0 Å². The average Bonchev–Trinajstić information content (AvgIpc) is 2.52. The lowest BCUT2D eigenvalue weighted by molar-refractivity contribution is 0.0319. The first-order valence-corrected chi connectivity index (χ1v) is 7.43. The first-order valence-electron chi connectivity index (χ1n) is 7.43. The molecule has 6 rings (SSSR count). The molecule has 4 atom stereocenters. The third kappa shape index (κ3) is 1.03. The molecule has 5 aliphatic carbocycles. The standard InChI is InChI=1S/C18H12F4/c19-13-11-9-3-4-10(12(11)14(20)16(22)15(13)21)18-6-2-1-5-17(9,18)7-8-18/h1-4,7-10H,5-6H2/t9-,10-,17-,18-/m1/s1. The van der Waals surface area contributed by atoms with Crippen molar-refractivity contribution in [1.29, 1.82) is 0 Å². The summed E-state index contributed by atoms with van der Waals surface area (Å²) in [6.45, 7) is 0. The summed E-state index contributed by atoms with van der Waals surface area (Å²) in [4.78, 5) is 0. The highest BCUT2D eigenvalue weighted by atomic mass is 19.2. The minimum absolute atomic E-state index is 0.0131. The van der Waals surface area contributed by atoms with Gasteiger partial charge in [-0.1, -0.05) is 36.5 Å². The summed E-state index contributed by atoms with van der Waals surface area (Å²) in [5.74, 6) is -6.74. The van der Waals surface area contributed by atoms with E-state index in [1.807, 2.05) is 36.5 Å². The van der Waals surface area contributed by atoms with E-state index in [0.29, 0.717) is 12.8 Å². The third-order valence-electron chi connectivity index (χ3n) is 6.19. The summed E-state index contributed by atoms with van der Waals surface area (Å²) in [7, 11) is 0. The second-order valence-corrected chi connectivity index (χ2v) is 6.72. The van der Waals surface area contributed by atoms with Gasteiger partial charge in [-0.2, -0.15) is 0 Å². The second kappa shape index (κ2) is 3.55. The van der Waals surface area contributed by atoms with Crippen molar-refractivity contribution in [2.45, 2.75) is 24.7 Å². The van der Waals surface area contributed by atoms with Gasteiger partial charge in [0.25, 0.3) is 0 Å². The van der Waals surface area contributed by atoms with E-state index in [1.54, 1.807) is 0 Å². The zero-order chi connectivity index (χ0) is 15.3. The van der Waals surface area contributed by atoms with Gasteiger partial charge >= 0.3 is 0 Å². The van der Waals surface area contributed by atoms with Gasteiger partial charge in [-0.25, -0.2) is 17.6 Å². The van der Waals surface area contributed by atoms with Crippen LogP contribution in [0, 0.1) is 34.1 Å². The van der Waals surface area contributed by atoms with Crippen LogP contribution >= 0.6 is 0 Å². The molecule has 0 aliphatic heterocycles. The van der Waals surface area contributed by atoms with Gasteiger partial charge in [0.15, 0.2) is 23.3 Å². The Morgan fingerprint density at radius 3 is 1.45 bits per heavy atom. The van der Waals surface area contributed by atoms with Gasteiger partial charge in [-0.05, 0) is 12.8 Å². The number of rotatable bonds is 0. The van der Waals surface area contributed by atoms with E-state index < -0.39 is 35.1 Å². The van der Waals surface area contributed by atoms with Crippen molar-refractivity contribution in [2.24, 2.45) is 10.8 Å². The van der Waals surface area contributed by atoms with Gasteiger partial charge in [-0.3, -0.25) is 0 Å². The number of benzene rings is 1. The van der Waals surface area contributed by atoms with E-state index in [-0.39, 0.29) is 22.0 Å². The second-order valence-electron chi connectivity index (χ2n) is 6.72. The molecule has 0 fully saturated rings. The summed E-state index contributed by atoms with van der Waals surface area (Å²) in [6.07, 6.45) is 13.3. The number of halogens is 4. The molecule has 5 aliphatic rings. The van der Waals surface area contributed by atoms with Crippen molar-refractivity contribution < 1.29 is 17.6 Å². The van der Waals surface area contributed by atoms with Crippen LogP contribution in [-0.4, -0.2) is 0 Å². The Kier molecular flexibility index (Phi) is 2.05. The quantitative estimate of drug-likeness (QED) is 0.277. The molecule has 0 saturated heterocycles. The topological polar surface area (TPSA) is 0 Å². The normalized spacial score (nSPS) is 39.3. The number of allylic oxidation sites excluding steroid dienone is 6. The highest BCUT2D eigenvalue weighted by molar-refractivity contribution is 5.58. The zero-order valence-electron chi connectivity index (χ0n) is 11.5. The van der Waals surface area contributed by atoms with Crippen LogP contribution in [0.25, 0.3) is 0 Å². The van der Waals surface area contributed by atoms with Crippen molar-refractivity contribution in [3.8, 4) is 0 Å². The molecule has 22 heavy (non-hydrogen) atoms. The van der Waals surface area contributed by atoms with E-state index in [0.717, 1.165) is 0 Å². The molecular weight excluding hydrogens is 292 g/mol. The molecule has 0 saturated carbocycles. The van der Waals surface area contributed by atoms with Gasteiger partial charge < -0.3 is 0 Å². The molecule has 0 spiro atoms. The molecule has 4 heteroatoms. The Balaban J connectivity index is 1.89. The minimum atomic E-state index is -1.70. The van der Waals surface area contributed by atoms with Crippen molar-refractivity contribution >= 4 is 0 Å². The Morgan fingerprint density at radius 1 is 0.682 bits per heavy atom. The maximum Gasteiger partial charge on any atom is 0.197 e.